The van der Waals surface area contributed by atoms with Crippen LogP contribution in [-0.4, -0.2) is 35.1 Å². The number of aliphatic hydroxyl groups excluding tert-OH is 2. The lowest BCUT2D eigenvalue weighted by Crippen LogP contribution is -2.40. The van der Waals surface area contributed by atoms with Crippen molar-refractivity contribution < 1.29 is 19.7 Å². The van der Waals surface area contributed by atoms with Crippen molar-refractivity contribution in [1.29, 1.82) is 0 Å². The van der Waals surface area contributed by atoms with E-state index in [9.17, 15) is 4.79 Å². The van der Waals surface area contributed by atoms with Gasteiger partial charge in [-0.3, -0.25) is 10.5 Å². The number of hydrogen-bond acceptors (Lipinski definition) is 5. The highest BCUT2D eigenvalue weighted by Crippen LogP contribution is 1.91. The van der Waals surface area contributed by atoms with Crippen molar-refractivity contribution in [2.75, 3.05) is 6.61 Å². The molecule has 0 saturated carbocycles. The third-order valence-electron chi connectivity index (χ3n) is 0.868. The van der Waals surface area contributed by atoms with Crippen LogP contribution in [0.5, 0.6) is 0 Å². The molecule has 0 aromatic rings. The van der Waals surface area contributed by atoms with Crippen LogP contribution in [0.3, 0.4) is 0 Å². The van der Waals surface area contributed by atoms with Crippen LogP contribution in [0.15, 0.2) is 0 Å². The largest absolute Gasteiger partial charge is 0.444 e. The van der Waals surface area contributed by atoms with Gasteiger partial charge in [-0.2, -0.15) is 0 Å². The molecular weight excluding hydrogens is 138 g/mol. The van der Waals surface area contributed by atoms with E-state index in [0.717, 1.165) is 0 Å². The number of esters is 1. The van der Waals surface area contributed by atoms with E-state index in [2.05, 4.69) is 4.74 Å². The fraction of sp³-hybridized carbons (Fsp3) is 0.800. The summed E-state index contributed by atoms with van der Waals surface area (Å²) < 4.78 is 4.33. The molecule has 60 valence electrons. The molecule has 5 heteroatoms. The van der Waals surface area contributed by atoms with Crippen LogP contribution in [0, 0.1) is 0 Å². The minimum atomic E-state index is -1.20. The Balaban J connectivity index is 3.61. The van der Waals surface area contributed by atoms with E-state index < -0.39 is 24.9 Å². The van der Waals surface area contributed by atoms with Gasteiger partial charge in [-0.15, -0.1) is 0 Å². The Bertz CT molecular complexity index is 116. The molecule has 10 heavy (non-hydrogen) atoms. The summed E-state index contributed by atoms with van der Waals surface area (Å²) in [6.45, 7) is 0.651. The first-order chi connectivity index (χ1) is 4.57. The topological polar surface area (TPSA) is 92.8 Å². The summed E-state index contributed by atoms with van der Waals surface area (Å²) in [5.74, 6) is -0.583. The summed E-state index contributed by atoms with van der Waals surface area (Å²) in [7, 11) is 0. The Morgan fingerprint density at radius 1 is 1.80 bits per heavy atom. The average Bonchev–Trinajstić information content (AvgIpc) is 1.85. The number of aliphatic hydroxyl groups is 2. The fourth-order valence-electron chi connectivity index (χ4n) is 0.374. The standard InChI is InChI=1S/C5H11NO4/c1-3(8)10-5(6)4(9)2-7/h4-5,7,9H,2,6H2,1H3. The Labute approximate surface area is 58.4 Å². The Kier molecular flexibility index (Phi) is 3.94. The van der Waals surface area contributed by atoms with Gasteiger partial charge in [0.25, 0.3) is 0 Å². The smallest absolute Gasteiger partial charge is 0.304 e. The van der Waals surface area contributed by atoms with Crippen molar-refractivity contribution in [1.82, 2.24) is 0 Å². The maximum absolute atomic E-state index is 10.2. The molecule has 4 N–H and O–H groups in total. The Hall–Kier alpha value is -0.650. The maximum atomic E-state index is 10.2. The van der Waals surface area contributed by atoms with Gasteiger partial charge in [0, 0.05) is 6.92 Å². The second kappa shape index (κ2) is 4.21. The van der Waals surface area contributed by atoms with Crippen molar-refractivity contribution >= 4 is 5.97 Å². The fourth-order valence-corrected chi connectivity index (χ4v) is 0.374. The third kappa shape index (κ3) is 3.39. The van der Waals surface area contributed by atoms with E-state index in [-0.39, 0.29) is 0 Å². The molecule has 0 amide bonds. The number of carbonyl (C=O) groups excluding carboxylic acids is 1. The summed E-state index contributed by atoms with van der Waals surface area (Å²) >= 11 is 0. The Morgan fingerprint density at radius 3 is 2.60 bits per heavy atom. The van der Waals surface area contributed by atoms with Gasteiger partial charge in [0.2, 0.25) is 0 Å². The van der Waals surface area contributed by atoms with Gasteiger partial charge in [0.15, 0.2) is 6.23 Å². The molecule has 0 fully saturated rings. The first kappa shape index (κ1) is 9.35. The molecule has 0 aliphatic heterocycles. The van der Waals surface area contributed by atoms with Gasteiger partial charge >= 0.3 is 5.97 Å². The van der Waals surface area contributed by atoms with Gasteiger partial charge in [-0.25, -0.2) is 0 Å². The molecule has 0 rings (SSSR count). The summed E-state index contributed by atoms with van der Waals surface area (Å²) in [5, 5.41) is 17.0. The van der Waals surface area contributed by atoms with E-state index in [0.29, 0.717) is 0 Å². The highest BCUT2D eigenvalue weighted by atomic mass is 16.6. The molecule has 0 bridgehead atoms. The monoisotopic (exact) mass is 149 g/mol. The van der Waals surface area contributed by atoms with Crippen LogP contribution >= 0.6 is 0 Å². The molecule has 0 aromatic carbocycles. The van der Waals surface area contributed by atoms with E-state index in [1.807, 2.05) is 0 Å². The molecule has 0 heterocycles. The minimum absolute atomic E-state index is 0.519. The quantitative estimate of drug-likeness (QED) is 0.325. The summed E-state index contributed by atoms with van der Waals surface area (Å²) in [5.41, 5.74) is 5.08. The number of rotatable bonds is 3. The molecule has 0 saturated heterocycles. The van der Waals surface area contributed by atoms with Gasteiger partial charge in [0.05, 0.1) is 6.61 Å². The Morgan fingerprint density at radius 2 is 2.30 bits per heavy atom. The molecule has 5 nitrogen and oxygen atoms in total. The van der Waals surface area contributed by atoms with E-state index >= 15 is 0 Å². The molecular formula is C5H11NO4. The zero-order chi connectivity index (χ0) is 8.15. The summed E-state index contributed by atoms with van der Waals surface area (Å²) in [4.78, 5) is 10.2. The molecule has 2 unspecified atom stereocenters. The predicted molar refractivity (Wildman–Crippen MR) is 32.8 cm³/mol. The van der Waals surface area contributed by atoms with Crippen LogP contribution in [-0.2, 0) is 9.53 Å². The highest BCUT2D eigenvalue weighted by molar-refractivity contribution is 5.66. The van der Waals surface area contributed by atoms with Crippen molar-refractivity contribution in [3.8, 4) is 0 Å². The maximum Gasteiger partial charge on any atom is 0.304 e. The summed E-state index contributed by atoms with van der Waals surface area (Å²) in [6.07, 6.45) is -2.34. The predicted octanol–water partition coefficient (Wildman–Crippen LogP) is -1.81. The van der Waals surface area contributed by atoms with Gasteiger partial charge < -0.3 is 14.9 Å². The zero-order valence-electron chi connectivity index (χ0n) is 5.65. The van der Waals surface area contributed by atoms with Crippen molar-refractivity contribution in [3.63, 3.8) is 0 Å². The number of nitrogens with two attached hydrogens (primary N) is 1. The van der Waals surface area contributed by atoms with Crippen LogP contribution in [0.4, 0.5) is 0 Å². The molecule has 0 spiro atoms. The lowest BCUT2D eigenvalue weighted by atomic mass is 10.3. The average molecular weight is 149 g/mol. The van der Waals surface area contributed by atoms with E-state index in [1.165, 1.54) is 6.92 Å². The molecule has 0 aromatic heterocycles. The van der Waals surface area contributed by atoms with Crippen LogP contribution in [0.2, 0.25) is 0 Å². The van der Waals surface area contributed by atoms with Crippen molar-refractivity contribution in [2.45, 2.75) is 19.3 Å². The van der Waals surface area contributed by atoms with Gasteiger partial charge in [0.1, 0.15) is 6.10 Å². The van der Waals surface area contributed by atoms with Gasteiger partial charge in [-0.1, -0.05) is 0 Å². The van der Waals surface area contributed by atoms with Crippen LogP contribution < -0.4 is 5.73 Å². The lowest BCUT2D eigenvalue weighted by molar-refractivity contribution is -0.153. The van der Waals surface area contributed by atoms with Crippen LogP contribution in [0.25, 0.3) is 0 Å². The number of ether oxygens (including phenoxy) is 1. The van der Waals surface area contributed by atoms with Gasteiger partial charge in [-0.05, 0) is 0 Å². The second-order valence-electron chi connectivity index (χ2n) is 1.82. The summed E-state index contributed by atoms with van der Waals surface area (Å²) in [6, 6.07) is 0. The highest BCUT2D eigenvalue weighted by Gasteiger charge is 2.15. The van der Waals surface area contributed by atoms with Crippen molar-refractivity contribution in [2.24, 2.45) is 5.73 Å². The molecule has 0 aliphatic rings. The normalized spacial score (nSPS) is 16.0. The number of hydrogen-bond donors (Lipinski definition) is 3. The first-order valence-corrected chi connectivity index (χ1v) is 2.79. The first-order valence-electron chi connectivity index (χ1n) is 2.79. The minimum Gasteiger partial charge on any atom is -0.444 e. The SMILES string of the molecule is CC(=O)OC(N)C(O)CO. The molecule has 2 atom stereocenters. The van der Waals surface area contributed by atoms with Crippen molar-refractivity contribution in [3.05, 3.63) is 0 Å². The molecule has 0 radical (unpaired) electrons. The molecule has 0 aliphatic carbocycles. The second-order valence-corrected chi connectivity index (χ2v) is 1.82. The number of carbonyl (C=O) groups is 1. The zero-order valence-corrected chi connectivity index (χ0v) is 5.65. The van der Waals surface area contributed by atoms with E-state index in [4.69, 9.17) is 15.9 Å². The van der Waals surface area contributed by atoms with E-state index in [1.54, 1.807) is 0 Å². The van der Waals surface area contributed by atoms with Crippen LogP contribution in [0.1, 0.15) is 6.92 Å². The lowest BCUT2D eigenvalue weighted by Gasteiger charge is -2.15. The third-order valence-corrected chi connectivity index (χ3v) is 0.868.